The number of esters is 2. The van der Waals surface area contributed by atoms with Crippen molar-refractivity contribution in [3.63, 3.8) is 0 Å². The predicted octanol–water partition coefficient (Wildman–Crippen LogP) is 0.326. The van der Waals surface area contributed by atoms with Crippen LogP contribution in [-0.2, 0) is 19.1 Å². The van der Waals surface area contributed by atoms with E-state index < -0.39 is 24.1 Å². The maximum atomic E-state index is 11.1. The maximum absolute atomic E-state index is 11.1. The number of hydrogen-bond acceptors (Lipinski definition) is 8. The summed E-state index contributed by atoms with van der Waals surface area (Å²) < 4.78 is 9.23. The van der Waals surface area contributed by atoms with Gasteiger partial charge in [-0.05, 0) is 0 Å². The van der Waals surface area contributed by atoms with Gasteiger partial charge >= 0.3 is 11.9 Å². The standard InChI is InChI=1S/C6H10N2O6.2C2H6.2H2/c9-5-3(1-7-11)13-6(10)4(14-5)2-8-12;2*1-2;;/h3-4,7-8,11-12H,1-2H2;2*1-2H3;2*1H. The van der Waals surface area contributed by atoms with Gasteiger partial charge in [-0.15, -0.1) is 0 Å². The second kappa shape index (κ2) is 12.2. The van der Waals surface area contributed by atoms with Crippen molar-refractivity contribution in [3.05, 3.63) is 0 Å². The van der Waals surface area contributed by atoms with E-state index in [1.165, 1.54) is 0 Å². The molecule has 1 fully saturated rings. The fraction of sp³-hybridized carbons (Fsp3) is 0.800. The number of hydroxylamine groups is 2. The summed E-state index contributed by atoms with van der Waals surface area (Å²) in [4.78, 5) is 22.1. The molecule has 112 valence electrons. The van der Waals surface area contributed by atoms with Crippen LogP contribution >= 0.6 is 0 Å². The highest BCUT2D eigenvalue weighted by molar-refractivity contribution is 5.87. The number of carbonyl (C=O) groups is 2. The molecule has 1 rings (SSSR count). The first-order valence-electron chi connectivity index (χ1n) is 5.84. The Kier molecular flexibility index (Phi) is 13.0. The molecule has 0 radical (unpaired) electrons. The maximum Gasteiger partial charge on any atom is 0.349 e. The monoisotopic (exact) mass is 270 g/mol. The minimum atomic E-state index is -1.15. The summed E-state index contributed by atoms with van der Waals surface area (Å²) in [6.07, 6.45) is -2.30. The molecule has 8 heteroatoms. The molecule has 0 bridgehead atoms. The molecule has 4 N–H and O–H groups in total. The van der Waals surface area contributed by atoms with Crippen LogP contribution in [0.15, 0.2) is 0 Å². The minimum absolute atomic E-state index is 0. The van der Waals surface area contributed by atoms with Gasteiger partial charge in [-0.3, -0.25) is 0 Å². The Morgan fingerprint density at radius 2 is 1.22 bits per heavy atom. The van der Waals surface area contributed by atoms with E-state index in [2.05, 4.69) is 9.47 Å². The van der Waals surface area contributed by atoms with Crippen LogP contribution in [0.2, 0.25) is 0 Å². The number of nitrogens with one attached hydrogen (secondary N) is 2. The second-order valence-corrected chi connectivity index (χ2v) is 2.58. The zero-order chi connectivity index (χ0) is 14.6. The van der Waals surface area contributed by atoms with Crippen molar-refractivity contribution in [2.75, 3.05) is 13.1 Å². The predicted molar refractivity (Wildman–Crippen MR) is 66.3 cm³/mol. The van der Waals surface area contributed by atoms with E-state index in [9.17, 15) is 9.59 Å². The molecule has 1 aliphatic rings. The first-order valence-corrected chi connectivity index (χ1v) is 5.84. The third-order valence-electron chi connectivity index (χ3n) is 1.60. The highest BCUT2D eigenvalue weighted by atomic mass is 16.6. The van der Waals surface area contributed by atoms with Gasteiger partial charge in [0.1, 0.15) is 0 Å². The summed E-state index contributed by atoms with van der Waals surface area (Å²) in [5.41, 5.74) is 3.38. The van der Waals surface area contributed by atoms with Crippen molar-refractivity contribution >= 4 is 11.9 Å². The molecular weight excluding hydrogens is 244 g/mol. The van der Waals surface area contributed by atoms with Gasteiger partial charge in [0.25, 0.3) is 0 Å². The van der Waals surface area contributed by atoms with Gasteiger partial charge in [-0.2, -0.15) is 0 Å². The summed E-state index contributed by atoms with van der Waals surface area (Å²) in [5, 5.41) is 16.6. The highest BCUT2D eigenvalue weighted by Gasteiger charge is 2.37. The highest BCUT2D eigenvalue weighted by Crippen LogP contribution is 2.09. The van der Waals surface area contributed by atoms with Crippen LogP contribution in [0.3, 0.4) is 0 Å². The van der Waals surface area contributed by atoms with Gasteiger partial charge in [-0.25, -0.2) is 20.5 Å². The summed E-state index contributed by atoms with van der Waals surface area (Å²) >= 11 is 0. The van der Waals surface area contributed by atoms with Gasteiger partial charge in [-0.1, -0.05) is 27.7 Å². The van der Waals surface area contributed by atoms with Crippen molar-refractivity contribution in [2.24, 2.45) is 0 Å². The summed E-state index contributed by atoms with van der Waals surface area (Å²) in [6.45, 7) is 7.54. The van der Waals surface area contributed by atoms with E-state index >= 15 is 0 Å². The molecule has 0 amide bonds. The fourth-order valence-electron chi connectivity index (χ4n) is 0.944. The fourth-order valence-corrected chi connectivity index (χ4v) is 0.944. The summed E-state index contributed by atoms with van der Waals surface area (Å²) in [7, 11) is 0. The molecule has 8 nitrogen and oxygen atoms in total. The van der Waals surface area contributed by atoms with Gasteiger partial charge in [0.05, 0.1) is 13.1 Å². The smallest absolute Gasteiger partial charge is 0.349 e. The van der Waals surface area contributed by atoms with Crippen LogP contribution < -0.4 is 11.0 Å². The molecule has 2 unspecified atom stereocenters. The van der Waals surface area contributed by atoms with E-state index in [1.54, 1.807) is 11.0 Å². The number of carbonyl (C=O) groups excluding carboxylic acids is 2. The second-order valence-electron chi connectivity index (χ2n) is 2.58. The van der Waals surface area contributed by atoms with Crippen LogP contribution in [0.25, 0.3) is 0 Å². The van der Waals surface area contributed by atoms with E-state index in [0.717, 1.165) is 0 Å². The first-order chi connectivity index (χ1) is 8.69. The molecule has 1 heterocycles. The number of ether oxygens (including phenoxy) is 2. The van der Waals surface area contributed by atoms with Crippen LogP contribution in [0.5, 0.6) is 0 Å². The zero-order valence-corrected chi connectivity index (χ0v) is 11.1. The Morgan fingerprint density at radius 3 is 1.44 bits per heavy atom. The largest absolute Gasteiger partial charge is 0.446 e. The molecular formula is C10H26N2O6. The Hall–Kier alpha value is -1.22. The number of hydrogen-bond donors (Lipinski definition) is 4. The molecule has 1 aliphatic heterocycles. The lowest BCUT2D eigenvalue weighted by Crippen LogP contribution is -2.50. The summed E-state index contributed by atoms with van der Waals surface area (Å²) in [6, 6.07) is 0. The Bertz CT molecular complexity index is 222. The van der Waals surface area contributed by atoms with Gasteiger partial charge < -0.3 is 19.9 Å². The third kappa shape index (κ3) is 6.50. The lowest BCUT2D eigenvalue weighted by molar-refractivity contribution is -0.196. The van der Waals surface area contributed by atoms with E-state index in [0.29, 0.717) is 0 Å². The van der Waals surface area contributed by atoms with Crippen molar-refractivity contribution in [3.8, 4) is 0 Å². The average molecular weight is 270 g/mol. The van der Waals surface area contributed by atoms with Crippen LogP contribution in [0, 0.1) is 0 Å². The third-order valence-corrected chi connectivity index (χ3v) is 1.60. The van der Waals surface area contributed by atoms with Crippen molar-refractivity contribution in [2.45, 2.75) is 39.9 Å². The number of cyclic esters (lactones) is 2. The molecule has 0 aromatic heterocycles. The molecule has 0 aliphatic carbocycles. The van der Waals surface area contributed by atoms with E-state index in [-0.39, 0.29) is 15.9 Å². The van der Waals surface area contributed by atoms with Gasteiger partial charge in [0.15, 0.2) is 0 Å². The minimum Gasteiger partial charge on any atom is -0.446 e. The topological polar surface area (TPSA) is 117 Å². The number of rotatable bonds is 4. The molecule has 0 aromatic carbocycles. The van der Waals surface area contributed by atoms with Crippen LogP contribution in [-0.4, -0.2) is 47.7 Å². The van der Waals surface area contributed by atoms with Crippen molar-refractivity contribution in [1.82, 2.24) is 11.0 Å². The normalized spacial score (nSPS) is 21.7. The quantitative estimate of drug-likeness (QED) is 0.426. The Morgan fingerprint density at radius 1 is 0.944 bits per heavy atom. The summed E-state index contributed by atoms with van der Waals surface area (Å²) in [5.74, 6) is -1.54. The molecule has 0 saturated carbocycles. The Labute approximate surface area is 109 Å². The lowest BCUT2D eigenvalue weighted by atomic mass is 10.2. The average Bonchev–Trinajstić information content (AvgIpc) is 2.41. The van der Waals surface area contributed by atoms with Gasteiger partial charge in [0, 0.05) is 2.85 Å². The van der Waals surface area contributed by atoms with Crippen LogP contribution in [0.4, 0.5) is 0 Å². The molecule has 2 atom stereocenters. The van der Waals surface area contributed by atoms with Crippen molar-refractivity contribution in [1.29, 1.82) is 0 Å². The molecule has 0 aromatic rings. The zero-order valence-electron chi connectivity index (χ0n) is 11.1. The first kappa shape index (κ1) is 19.1. The van der Waals surface area contributed by atoms with E-state index in [1.807, 2.05) is 27.7 Å². The van der Waals surface area contributed by atoms with Gasteiger partial charge in [0.2, 0.25) is 12.2 Å². The Balaban J connectivity index is -0.000000196. The van der Waals surface area contributed by atoms with Crippen LogP contribution in [0.1, 0.15) is 30.5 Å². The van der Waals surface area contributed by atoms with Crippen molar-refractivity contribution < 1.29 is 32.3 Å². The molecule has 18 heavy (non-hydrogen) atoms. The molecule has 0 spiro atoms. The van der Waals surface area contributed by atoms with E-state index in [4.69, 9.17) is 10.4 Å². The SMILES string of the molecule is CC.CC.O=C1OC(CNO)C(=O)OC1CNO.[HH].[HH]. The lowest BCUT2D eigenvalue weighted by Gasteiger charge is -2.26. The molecule has 1 saturated heterocycles.